The van der Waals surface area contributed by atoms with E-state index in [1.165, 1.54) is 0 Å². The number of pyridine rings is 1. The molecule has 82 valence electrons. The van der Waals surface area contributed by atoms with Crippen LogP contribution in [0.5, 0.6) is 0 Å². The van der Waals surface area contributed by atoms with Crippen LogP contribution in [0, 0.1) is 0 Å². The summed E-state index contributed by atoms with van der Waals surface area (Å²) in [7, 11) is 4.02. The van der Waals surface area contributed by atoms with Crippen molar-refractivity contribution >= 4 is 33.8 Å². The molecule has 0 saturated heterocycles. The van der Waals surface area contributed by atoms with Gasteiger partial charge in [-0.1, -0.05) is 18.3 Å². The average molecular weight is 231 g/mol. The van der Waals surface area contributed by atoms with Gasteiger partial charge in [-0.05, 0) is 24.3 Å². The van der Waals surface area contributed by atoms with Crippen LogP contribution in [-0.2, 0) is 0 Å². The average Bonchev–Trinajstić information content (AvgIpc) is 2.27. The topological polar surface area (TPSA) is 42.2 Å². The lowest BCUT2D eigenvalue weighted by atomic mass is 10.1. The van der Waals surface area contributed by atoms with E-state index in [-0.39, 0.29) is 0 Å². The largest absolute Gasteiger partial charge is 0.388 e. The van der Waals surface area contributed by atoms with E-state index >= 15 is 0 Å². The molecule has 0 amide bonds. The van der Waals surface area contributed by atoms with Crippen LogP contribution >= 0.6 is 12.2 Å². The number of nitrogens with two attached hydrogens (primary N) is 1. The zero-order valence-electron chi connectivity index (χ0n) is 9.27. The van der Waals surface area contributed by atoms with E-state index in [1.54, 1.807) is 0 Å². The van der Waals surface area contributed by atoms with E-state index in [0.717, 1.165) is 16.6 Å². The number of hydrogen-bond acceptors (Lipinski definition) is 3. The van der Waals surface area contributed by atoms with E-state index in [0.29, 0.717) is 10.7 Å². The number of anilines is 1. The van der Waals surface area contributed by atoms with Crippen molar-refractivity contribution in [3.8, 4) is 0 Å². The molecule has 0 bridgehead atoms. The van der Waals surface area contributed by atoms with E-state index in [1.807, 2.05) is 38.4 Å². The quantitative estimate of drug-likeness (QED) is 0.802. The number of nitrogens with zero attached hydrogens (tertiary/aromatic N) is 2. The van der Waals surface area contributed by atoms with Gasteiger partial charge in [-0.2, -0.15) is 0 Å². The molecule has 0 aliphatic rings. The highest BCUT2D eigenvalue weighted by Crippen LogP contribution is 2.19. The Kier molecular flexibility index (Phi) is 2.75. The van der Waals surface area contributed by atoms with E-state index in [2.05, 4.69) is 16.0 Å². The number of benzene rings is 1. The molecule has 0 aliphatic carbocycles. The van der Waals surface area contributed by atoms with E-state index in [4.69, 9.17) is 18.0 Å². The van der Waals surface area contributed by atoms with Gasteiger partial charge in [0.15, 0.2) is 0 Å². The van der Waals surface area contributed by atoms with Crippen LogP contribution < -0.4 is 10.6 Å². The first-order valence-electron chi connectivity index (χ1n) is 4.96. The van der Waals surface area contributed by atoms with Crippen LogP contribution in [0.25, 0.3) is 10.9 Å². The van der Waals surface area contributed by atoms with Gasteiger partial charge >= 0.3 is 0 Å². The lowest BCUT2D eigenvalue weighted by Crippen LogP contribution is -2.11. The van der Waals surface area contributed by atoms with Gasteiger partial charge < -0.3 is 10.6 Å². The Balaban J connectivity index is 2.57. The fourth-order valence-electron chi connectivity index (χ4n) is 1.53. The van der Waals surface area contributed by atoms with Crippen molar-refractivity contribution in [3.05, 3.63) is 36.0 Å². The molecule has 2 rings (SSSR count). The molecule has 1 heterocycles. The first-order chi connectivity index (χ1) is 7.58. The highest BCUT2D eigenvalue weighted by Gasteiger charge is 2.02. The Morgan fingerprint density at radius 3 is 2.62 bits per heavy atom. The van der Waals surface area contributed by atoms with Crippen LogP contribution in [0.3, 0.4) is 0 Å². The molecule has 0 aliphatic heterocycles. The minimum absolute atomic E-state index is 0.332. The fourth-order valence-corrected chi connectivity index (χ4v) is 1.64. The summed E-state index contributed by atoms with van der Waals surface area (Å²) in [6, 6.07) is 9.94. The van der Waals surface area contributed by atoms with Crippen molar-refractivity contribution in [3.63, 3.8) is 0 Å². The highest BCUT2D eigenvalue weighted by molar-refractivity contribution is 7.80. The van der Waals surface area contributed by atoms with Gasteiger partial charge in [0.2, 0.25) is 0 Å². The van der Waals surface area contributed by atoms with E-state index in [9.17, 15) is 0 Å². The maximum atomic E-state index is 5.54. The summed E-state index contributed by atoms with van der Waals surface area (Å²) in [6.07, 6.45) is 0. The van der Waals surface area contributed by atoms with Crippen LogP contribution in [0.4, 0.5) is 5.69 Å². The van der Waals surface area contributed by atoms with Gasteiger partial charge in [-0.15, -0.1) is 0 Å². The second-order valence-corrected chi connectivity index (χ2v) is 4.27. The smallest absolute Gasteiger partial charge is 0.122 e. The van der Waals surface area contributed by atoms with Gasteiger partial charge in [0.25, 0.3) is 0 Å². The second-order valence-electron chi connectivity index (χ2n) is 3.83. The lowest BCUT2D eigenvalue weighted by molar-refractivity contribution is 1.13. The fraction of sp³-hybridized carbons (Fsp3) is 0.167. The van der Waals surface area contributed by atoms with Crippen LogP contribution in [0.2, 0.25) is 0 Å². The summed E-state index contributed by atoms with van der Waals surface area (Å²) in [5.74, 6) is 0. The predicted octanol–water partition coefficient (Wildman–Crippen LogP) is 1.94. The molecular weight excluding hydrogens is 218 g/mol. The molecule has 4 heteroatoms. The standard InChI is InChI=1S/C12H13N3S/c1-15(2)9-4-6-10-8(7-9)3-5-11(14-10)12(13)16/h3-7H,1-2H3,(H2,13,16). The Bertz CT molecular complexity index is 549. The van der Waals surface area contributed by atoms with Gasteiger partial charge in [-0.25, -0.2) is 4.98 Å². The van der Waals surface area contributed by atoms with Crippen molar-refractivity contribution in [1.82, 2.24) is 4.98 Å². The SMILES string of the molecule is CN(C)c1ccc2nc(C(N)=S)ccc2c1. The number of thiocarbonyl (C=S) groups is 1. The third-order valence-electron chi connectivity index (χ3n) is 2.44. The number of aromatic nitrogens is 1. The number of rotatable bonds is 2. The maximum absolute atomic E-state index is 5.54. The molecular formula is C12H13N3S. The van der Waals surface area contributed by atoms with Gasteiger partial charge in [0.05, 0.1) is 11.2 Å². The van der Waals surface area contributed by atoms with Crippen LogP contribution in [0.15, 0.2) is 30.3 Å². The van der Waals surface area contributed by atoms with Crippen molar-refractivity contribution in [1.29, 1.82) is 0 Å². The minimum atomic E-state index is 0.332. The summed E-state index contributed by atoms with van der Waals surface area (Å²) in [6.45, 7) is 0. The third kappa shape index (κ3) is 1.97. The molecule has 1 aromatic carbocycles. The Morgan fingerprint density at radius 2 is 2.00 bits per heavy atom. The molecule has 0 unspecified atom stereocenters. The van der Waals surface area contributed by atoms with Crippen molar-refractivity contribution in [2.75, 3.05) is 19.0 Å². The summed E-state index contributed by atoms with van der Waals surface area (Å²) < 4.78 is 0. The molecule has 2 N–H and O–H groups in total. The first kappa shape index (κ1) is 10.8. The Labute approximate surface area is 99.9 Å². The van der Waals surface area contributed by atoms with E-state index < -0.39 is 0 Å². The molecule has 2 aromatic rings. The normalized spacial score (nSPS) is 10.4. The van der Waals surface area contributed by atoms with Crippen molar-refractivity contribution in [2.24, 2.45) is 5.73 Å². The Morgan fingerprint density at radius 1 is 1.25 bits per heavy atom. The van der Waals surface area contributed by atoms with Crippen molar-refractivity contribution in [2.45, 2.75) is 0 Å². The number of hydrogen-bond donors (Lipinski definition) is 1. The molecule has 16 heavy (non-hydrogen) atoms. The zero-order chi connectivity index (χ0) is 11.7. The molecule has 0 saturated carbocycles. The summed E-state index contributed by atoms with van der Waals surface area (Å²) >= 11 is 4.90. The monoisotopic (exact) mass is 231 g/mol. The molecule has 3 nitrogen and oxygen atoms in total. The molecule has 0 atom stereocenters. The third-order valence-corrected chi connectivity index (χ3v) is 2.65. The minimum Gasteiger partial charge on any atom is -0.388 e. The summed E-state index contributed by atoms with van der Waals surface area (Å²) in [4.78, 5) is 6.78. The van der Waals surface area contributed by atoms with Crippen LogP contribution in [0.1, 0.15) is 5.69 Å². The zero-order valence-corrected chi connectivity index (χ0v) is 10.1. The lowest BCUT2D eigenvalue weighted by Gasteiger charge is -2.12. The predicted molar refractivity (Wildman–Crippen MR) is 72.0 cm³/mol. The maximum Gasteiger partial charge on any atom is 0.122 e. The molecule has 0 radical (unpaired) electrons. The van der Waals surface area contributed by atoms with Gasteiger partial charge in [0, 0.05) is 25.2 Å². The first-order valence-corrected chi connectivity index (χ1v) is 5.37. The summed E-state index contributed by atoms with van der Waals surface area (Å²) in [5.41, 5.74) is 8.27. The highest BCUT2D eigenvalue weighted by atomic mass is 32.1. The van der Waals surface area contributed by atoms with Crippen LogP contribution in [-0.4, -0.2) is 24.1 Å². The molecule has 0 spiro atoms. The number of fused-ring (bicyclic) bond motifs is 1. The van der Waals surface area contributed by atoms with Gasteiger partial charge in [-0.3, -0.25) is 0 Å². The molecule has 0 fully saturated rings. The second kappa shape index (κ2) is 4.06. The Hall–Kier alpha value is -1.68. The summed E-state index contributed by atoms with van der Waals surface area (Å²) in [5, 5.41) is 1.09. The molecule has 1 aromatic heterocycles. The van der Waals surface area contributed by atoms with Gasteiger partial charge in [0.1, 0.15) is 4.99 Å². The van der Waals surface area contributed by atoms with Crippen molar-refractivity contribution < 1.29 is 0 Å².